The molecule has 0 aliphatic heterocycles. The van der Waals surface area contributed by atoms with Gasteiger partial charge < -0.3 is 5.73 Å². The standard InChI is InChI=1S/C13H16ClF3N2O2S.ClH/c14-10-5-2-4-9(13(15,16)17)12(10)22(20,21)19-11-6-1-3-8(11)7-18;/h2,4-5,8,11,19H,1,3,6-7,18H2;1H. The third-order valence-electron chi connectivity index (χ3n) is 3.81. The van der Waals surface area contributed by atoms with Crippen LogP contribution in [0.5, 0.6) is 0 Å². The molecule has 1 aromatic rings. The molecule has 1 saturated carbocycles. The summed E-state index contributed by atoms with van der Waals surface area (Å²) >= 11 is 5.73. The predicted molar refractivity (Wildman–Crippen MR) is 84.2 cm³/mol. The molecule has 1 aliphatic rings. The fraction of sp³-hybridized carbons (Fsp3) is 0.538. The van der Waals surface area contributed by atoms with Crippen LogP contribution in [0.15, 0.2) is 23.1 Å². The number of nitrogens with two attached hydrogens (primary N) is 1. The van der Waals surface area contributed by atoms with Crippen LogP contribution < -0.4 is 10.5 Å². The van der Waals surface area contributed by atoms with Crippen LogP contribution in [0.3, 0.4) is 0 Å². The van der Waals surface area contributed by atoms with E-state index in [2.05, 4.69) is 4.72 Å². The lowest BCUT2D eigenvalue weighted by atomic mass is 10.1. The van der Waals surface area contributed by atoms with Crippen LogP contribution in [-0.2, 0) is 16.2 Å². The highest BCUT2D eigenvalue weighted by molar-refractivity contribution is 7.89. The molecule has 1 fully saturated rings. The molecule has 4 nitrogen and oxygen atoms in total. The lowest BCUT2D eigenvalue weighted by Crippen LogP contribution is -2.40. The zero-order chi connectivity index (χ0) is 16.5. The Kier molecular flexibility index (Phi) is 6.74. The van der Waals surface area contributed by atoms with Gasteiger partial charge in [-0.2, -0.15) is 13.2 Å². The first-order chi connectivity index (χ1) is 10.2. The van der Waals surface area contributed by atoms with Crippen molar-refractivity contribution in [1.29, 1.82) is 0 Å². The van der Waals surface area contributed by atoms with Crippen molar-refractivity contribution in [3.05, 3.63) is 28.8 Å². The maximum atomic E-state index is 13.0. The number of nitrogens with one attached hydrogen (secondary N) is 1. The van der Waals surface area contributed by atoms with Gasteiger partial charge in [0.1, 0.15) is 4.90 Å². The minimum atomic E-state index is -4.81. The molecule has 0 aromatic heterocycles. The van der Waals surface area contributed by atoms with Crippen molar-refractivity contribution in [3.8, 4) is 0 Å². The minimum absolute atomic E-state index is 0. The first kappa shape index (κ1) is 20.5. The van der Waals surface area contributed by atoms with E-state index in [0.29, 0.717) is 12.5 Å². The number of alkyl halides is 3. The van der Waals surface area contributed by atoms with Gasteiger partial charge in [0, 0.05) is 6.04 Å². The molecule has 1 aliphatic carbocycles. The van der Waals surface area contributed by atoms with Crippen LogP contribution in [0.4, 0.5) is 13.2 Å². The SMILES string of the molecule is Cl.NCC1CCCC1NS(=O)(=O)c1c(Cl)cccc1C(F)(F)F. The van der Waals surface area contributed by atoms with E-state index in [1.54, 1.807) is 0 Å². The molecule has 0 radical (unpaired) electrons. The van der Waals surface area contributed by atoms with Crippen LogP contribution in [0.25, 0.3) is 0 Å². The van der Waals surface area contributed by atoms with Gasteiger partial charge in [-0.3, -0.25) is 0 Å². The Morgan fingerprint density at radius 2 is 1.96 bits per heavy atom. The molecular weight excluding hydrogens is 376 g/mol. The van der Waals surface area contributed by atoms with E-state index < -0.39 is 37.7 Å². The van der Waals surface area contributed by atoms with Crippen molar-refractivity contribution < 1.29 is 21.6 Å². The molecule has 132 valence electrons. The zero-order valence-corrected chi connectivity index (χ0v) is 14.3. The van der Waals surface area contributed by atoms with Gasteiger partial charge in [0.2, 0.25) is 10.0 Å². The van der Waals surface area contributed by atoms with E-state index in [4.69, 9.17) is 17.3 Å². The van der Waals surface area contributed by atoms with Crippen molar-refractivity contribution in [2.24, 2.45) is 11.7 Å². The summed E-state index contributed by atoms with van der Waals surface area (Å²) < 4.78 is 66.3. The highest BCUT2D eigenvalue weighted by atomic mass is 35.5. The molecule has 2 rings (SSSR count). The quantitative estimate of drug-likeness (QED) is 0.826. The molecular formula is C13H17Cl2F3N2O2S. The number of rotatable bonds is 4. The Balaban J connectivity index is 0.00000264. The second-order valence-corrected chi connectivity index (χ2v) is 7.33. The highest BCUT2D eigenvalue weighted by Crippen LogP contribution is 2.38. The Hall–Kier alpha value is -0.540. The van der Waals surface area contributed by atoms with Crippen molar-refractivity contribution in [2.75, 3.05) is 6.54 Å². The fourth-order valence-electron chi connectivity index (χ4n) is 2.74. The van der Waals surface area contributed by atoms with Crippen molar-refractivity contribution in [1.82, 2.24) is 4.72 Å². The van der Waals surface area contributed by atoms with E-state index in [1.165, 1.54) is 0 Å². The summed E-state index contributed by atoms with van der Waals surface area (Å²) in [4.78, 5) is -0.924. The highest BCUT2D eigenvalue weighted by Gasteiger charge is 2.40. The molecule has 10 heteroatoms. The maximum Gasteiger partial charge on any atom is 0.417 e. The maximum absolute atomic E-state index is 13.0. The monoisotopic (exact) mass is 392 g/mol. The summed E-state index contributed by atoms with van der Waals surface area (Å²) in [6, 6.07) is 2.44. The van der Waals surface area contributed by atoms with Crippen molar-refractivity contribution in [2.45, 2.75) is 36.4 Å². The van der Waals surface area contributed by atoms with Gasteiger partial charge in [0.15, 0.2) is 0 Å². The van der Waals surface area contributed by atoms with Crippen LogP contribution in [0, 0.1) is 5.92 Å². The molecule has 0 heterocycles. The number of hydrogen-bond donors (Lipinski definition) is 2. The van der Waals surface area contributed by atoms with Crippen LogP contribution in [0.1, 0.15) is 24.8 Å². The van der Waals surface area contributed by atoms with Gasteiger partial charge in [-0.1, -0.05) is 24.1 Å². The van der Waals surface area contributed by atoms with Gasteiger partial charge in [-0.05, 0) is 37.4 Å². The number of benzene rings is 1. The van der Waals surface area contributed by atoms with E-state index >= 15 is 0 Å². The molecule has 23 heavy (non-hydrogen) atoms. The lowest BCUT2D eigenvalue weighted by Gasteiger charge is -2.21. The Morgan fingerprint density at radius 3 is 2.52 bits per heavy atom. The Bertz CT molecular complexity index is 653. The predicted octanol–water partition coefficient (Wildman–Crippen LogP) is 3.19. The molecule has 0 bridgehead atoms. The van der Waals surface area contributed by atoms with Gasteiger partial charge >= 0.3 is 6.18 Å². The molecule has 3 N–H and O–H groups in total. The van der Waals surface area contributed by atoms with Crippen LogP contribution >= 0.6 is 24.0 Å². The Morgan fingerprint density at radius 1 is 1.30 bits per heavy atom. The van der Waals surface area contributed by atoms with E-state index in [-0.39, 0.29) is 24.9 Å². The first-order valence-corrected chi connectivity index (χ1v) is 8.61. The topological polar surface area (TPSA) is 72.2 Å². The van der Waals surface area contributed by atoms with Gasteiger partial charge in [-0.15, -0.1) is 12.4 Å². The molecule has 2 atom stereocenters. The minimum Gasteiger partial charge on any atom is -0.330 e. The Labute approximate surface area is 144 Å². The van der Waals surface area contributed by atoms with Crippen molar-refractivity contribution in [3.63, 3.8) is 0 Å². The summed E-state index contributed by atoms with van der Waals surface area (Å²) in [7, 11) is -4.39. The van der Waals surface area contributed by atoms with Gasteiger partial charge in [0.05, 0.1) is 10.6 Å². The largest absolute Gasteiger partial charge is 0.417 e. The lowest BCUT2D eigenvalue weighted by molar-refractivity contribution is -0.139. The number of sulfonamides is 1. The van der Waals surface area contributed by atoms with E-state index in [0.717, 1.165) is 25.0 Å². The summed E-state index contributed by atoms with van der Waals surface area (Å²) in [5, 5.41) is -0.454. The normalized spacial score (nSPS) is 22.0. The van der Waals surface area contributed by atoms with Crippen LogP contribution in [-0.4, -0.2) is 21.0 Å². The average Bonchev–Trinajstić information content (AvgIpc) is 2.83. The number of hydrogen-bond acceptors (Lipinski definition) is 3. The first-order valence-electron chi connectivity index (χ1n) is 6.75. The molecule has 2 unspecified atom stereocenters. The van der Waals surface area contributed by atoms with E-state index in [1.807, 2.05) is 0 Å². The smallest absolute Gasteiger partial charge is 0.330 e. The zero-order valence-electron chi connectivity index (χ0n) is 11.9. The van der Waals surface area contributed by atoms with Gasteiger partial charge in [0.25, 0.3) is 0 Å². The van der Waals surface area contributed by atoms with E-state index in [9.17, 15) is 21.6 Å². The fourth-order valence-corrected chi connectivity index (χ4v) is 4.84. The molecule has 1 aromatic carbocycles. The number of halogens is 5. The third-order valence-corrected chi connectivity index (χ3v) is 5.83. The summed E-state index contributed by atoms with van der Waals surface area (Å²) in [5.74, 6) is -0.0772. The van der Waals surface area contributed by atoms with Crippen LogP contribution in [0.2, 0.25) is 5.02 Å². The second-order valence-electron chi connectivity index (χ2n) is 5.27. The molecule has 0 saturated heterocycles. The second kappa shape index (κ2) is 7.57. The summed E-state index contributed by atoms with van der Waals surface area (Å²) in [6.45, 7) is 0.280. The third kappa shape index (κ3) is 4.51. The molecule has 0 spiro atoms. The van der Waals surface area contributed by atoms with Crippen molar-refractivity contribution >= 4 is 34.0 Å². The average molecular weight is 393 g/mol. The molecule has 0 amide bonds. The summed E-state index contributed by atoms with van der Waals surface area (Å²) in [6.07, 6.45) is -2.73. The summed E-state index contributed by atoms with van der Waals surface area (Å²) in [5.41, 5.74) is 4.30. The van der Waals surface area contributed by atoms with Gasteiger partial charge in [-0.25, -0.2) is 13.1 Å².